The van der Waals surface area contributed by atoms with Crippen molar-refractivity contribution in [1.29, 1.82) is 0 Å². The maximum absolute atomic E-state index is 6.53. The Labute approximate surface area is 181 Å². The molecule has 2 unspecified atom stereocenters. The van der Waals surface area contributed by atoms with E-state index in [2.05, 4.69) is 62.7 Å². The number of rotatable bonds is 4. The Kier molecular flexibility index (Phi) is 4.73. The van der Waals surface area contributed by atoms with E-state index in [1.807, 2.05) is 37.6 Å². The number of aryl methyl sites for hydroxylation is 1. The van der Waals surface area contributed by atoms with Gasteiger partial charge in [-0.05, 0) is 47.4 Å². The Morgan fingerprint density at radius 2 is 1.71 bits per heavy atom. The van der Waals surface area contributed by atoms with E-state index in [0.29, 0.717) is 0 Å². The molecule has 0 spiro atoms. The number of ether oxygens (including phenoxy) is 1. The van der Waals surface area contributed by atoms with Gasteiger partial charge in [-0.25, -0.2) is 9.97 Å². The number of hydrogen-bond acceptors (Lipinski definition) is 6. The second-order valence-electron chi connectivity index (χ2n) is 7.75. The van der Waals surface area contributed by atoms with Crippen molar-refractivity contribution in [2.75, 3.05) is 7.11 Å². The lowest BCUT2D eigenvalue weighted by molar-refractivity contribution is 0.413. The topological polar surface area (TPSA) is 86.0 Å². The lowest BCUT2D eigenvalue weighted by Gasteiger charge is -2.33. The van der Waals surface area contributed by atoms with Crippen LogP contribution in [0.25, 0.3) is 11.1 Å². The molecule has 2 aromatic heterocycles. The molecule has 0 radical (unpaired) electrons. The molecule has 5 rings (SSSR count). The summed E-state index contributed by atoms with van der Waals surface area (Å²) in [6.07, 6.45) is 6.65. The first kappa shape index (κ1) is 19.4. The number of nitrogens with two attached hydrogens (primary N) is 1. The van der Waals surface area contributed by atoms with E-state index >= 15 is 0 Å². The molecule has 154 valence electrons. The summed E-state index contributed by atoms with van der Waals surface area (Å²) >= 11 is 0. The predicted octanol–water partition coefficient (Wildman–Crippen LogP) is 3.71. The Morgan fingerprint density at radius 3 is 2.45 bits per heavy atom. The molecule has 0 bridgehead atoms. The smallest absolute Gasteiger partial charge is 0.118 e. The molecule has 2 aromatic carbocycles. The molecule has 6 nitrogen and oxygen atoms in total. The van der Waals surface area contributed by atoms with Crippen molar-refractivity contribution >= 4 is 0 Å². The van der Waals surface area contributed by atoms with Gasteiger partial charge in [-0.15, -0.1) is 0 Å². The lowest BCUT2D eigenvalue weighted by atomic mass is 9.77. The number of pyridine rings is 1. The normalized spacial score (nSPS) is 19.8. The van der Waals surface area contributed by atoms with Crippen LogP contribution >= 0.6 is 0 Å². The highest BCUT2D eigenvalue weighted by atomic mass is 16.5. The summed E-state index contributed by atoms with van der Waals surface area (Å²) in [7, 11) is 1.67. The Balaban J connectivity index is 1.76. The number of hydrogen-bond donors (Lipinski definition) is 2. The lowest BCUT2D eigenvalue weighted by Crippen LogP contribution is -2.42. The van der Waals surface area contributed by atoms with Gasteiger partial charge in [-0.3, -0.25) is 10.3 Å². The van der Waals surface area contributed by atoms with Crippen molar-refractivity contribution in [3.8, 4) is 16.9 Å². The fourth-order valence-corrected chi connectivity index (χ4v) is 4.37. The molecule has 1 aliphatic heterocycles. The summed E-state index contributed by atoms with van der Waals surface area (Å²) in [6.45, 7) is 2.05. The molecule has 2 atom stereocenters. The zero-order valence-corrected chi connectivity index (χ0v) is 17.4. The monoisotopic (exact) mass is 409 g/mol. The summed E-state index contributed by atoms with van der Waals surface area (Å²) in [5.41, 5.74) is 13.0. The molecule has 4 aromatic rings. The second-order valence-corrected chi connectivity index (χ2v) is 7.75. The highest BCUT2D eigenvalue weighted by Gasteiger charge is 2.46. The first-order valence-electron chi connectivity index (χ1n) is 10.1. The SMILES string of the molecule is COc1ccc(C2(c3cccc(-c4cncnc4)c3)NC(N)c3ncc(C)cc32)cc1. The van der Waals surface area contributed by atoms with Crippen molar-refractivity contribution in [3.05, 3.63) is 107 Å². The molecule has 6 heteroatoms. The average molecular weight is 409 g/mol. The van der Waals surface area contributed by atoms with Crippen molar-refractivity contribution in [2.45, 2.75) is 18.6 Å². The van der Waals surface area contributed by atoms with Gasteiger partial charge in [0.2, 0.25) is 0 Å². The Hall–Kier alpha value is -3.61. The number of benzene rings is 2. The van der Waals surface area contributed by atoms with Crippen LogP contribution in [0, 0.1) is 6.92 Å². The number of aromatic nitrogens is 3. The Morgan fingerprint density at radius 1 is 0.935 bits per heavy atom. The number of nitrogens with zero attached hydrogens (tertiary/aromatic N) is 3. The maximum atomic E-state index is 6.53. The summed E-state index contributed by atoms with van der Waals surface area (Å²) in [4.78, 5) is 13.0. The minimum absolute atomic E-state index is 0.388. The zero-order valence-electron chi connectivity index (χ0n) is 17.4. The third-order valence-electron chi connectivity index (χ3n) is 5.84. The molecule has 1 aliphatic rings. The fourth-order valence-electron chi connectivity index (χ4n) is 4.37. The standard InChI is InChI=1S/C25H23N5O/c1-16-10-22-23(29-12-16)24(26)30-25(22,19-6-8-21(31-2)9-7-19)20-5-3-4-17(11-20)18-13-27-15-28-14-18/h3-15,24,30H,26H2,1-2H3. The minimum atomic E-state index is -0.647. The van der Waals surface area contributed by atoms with E-state index in [-0.39, 0.29) is 6.17 Å². The van der Waals surface area contributed by atoms with Crippen LogP contribution in [-0.4, -0.2) is 22.1 Å². The fraction of sp³-hybridized carbons (Fsp3) is 0.160. The van der Waals surface area contributed by atoms with Gasteiger partial charge in [-0.1, -0.05) is 36.4 Å². The average Bonchev–Trinajstić information content (AvgIpc) is 3.12. The first-order chi connectivity index (χ1) is 15.1. The molecule has 0 saturated carbocycles. The van der Waals surface area contributed by atoms with E-state index in [0.717, 1.165) is 44.8 Å². The van der Waals surface area contributed by atoms with Gasteiger partial charge in [-0.2, -0.15) is 0 Å². The molecular formula is C25H23N5O. The van der Waals surface area contributed by atoms with Crippen LogP contribution in [0.2, 0.25) is 0 Å². The molecule has 0 amide bonds. The highest BCUT2D eigenvalue weighted by molar-refractivity contribution is 5.65. The zero-order chi connectivity index (χ0) is 21.4. The maximum Gasteiger partial charge on any atom is 0.118 e. The minimum Gasteiger partial charge on any atom is -0.497 e. The van der Waals surface area contributed by atoms with Crippen LogP contribution in [0.5, 0.6) is 5.75 Å². The van der Waals surface area contributed by atoms with Crippen LogP contribution in [0.1, 0.15) is 34.1 Å². The van der Waals surface area contributed by atoms with Crippen molar-refractivity contribution in [3.63, 3.8) is 0 Å². The van der Waals surface area contributed by atoms with Gasteiger partial charge in [0.25, 0.3) is 0 Å². The van der Waals surface area contributed by atoms with Crippen molar-refractivity contribution < 1.29 is 4.74 Å². The summed E-state index contributed by atoms with van der Waals surface area (Å²) < 4.78 is 5.39. The van der Waals surface area contributed by atoms with E-state index in [1.165, 1.54) is 6.33 Å². The van der Waals surface area contributed by atoms with Gasteiger partial charge in [0.15, 0.2) is 0 Å². The first-order valence-corrected chi connectivity index (χ1v) is 10.1. The van der Waals surface area contributed by atoms with Crippen molar-refractivity contribution in [2.24, 2.45) is 5.73 Å². The molecule has 0 fully saturated rings. The van der Waals surface area contributed by atoms with Gasteiger partial charge in [0.1, 0.15) is 18.2 Å². The highest BCUT2D eigenvalue weighted by Crippen LogP contribution is 2.45. The molecule has 3 N–H and O–H groups in total. The molecule has 0 saturated heterocycles. The third-order valence-corrected chi connectivity index (χ3v) is 5.84. The van der Waals surface area contributed by atoms with Crippen LogP contribution in [0.4, 0.5) is 0 Å². The second kappa shape index (κ2) is 7.58. The quantitative estimate of drug-likeness (QED) is 0.534. The van der Waals surface area contributed by atoms with Crippen LogP contribution in [-0.2, 0) is 5.54 Å². The van der Waals surface area contributed by atoms with Crippen LogP contribution < -0.4 is 15.8 Å². The summed E-state index contributed by atoms with van der Waals surface area (Å²) in [5.74, 6) is 0.805. The van der Waals surface area contributed by atoms with Crippen LogP contribution in [0.3, 0.4) is 0 Å². The van der Waals surface area contributed by atoms with Gasteiger partial charge in [0.05, 0.1) is 18.3 Å². The Bertz CT molecular complexity index is 1230. The van der Waals surface area contributed by atoms with E-state index in [1.54, 1.807) is 7.11 Å². The van der Waals surface area contributed by atoms with E-state index in [4.69, 9.17) is 10.5 Å². The molecule has 3 heterocycles. The van der Waals surface area contributed by atoms with Gasteiger partial charge >= 0.3 is 0 Å². The van der Waals surface area contributed by atoms with Crippen molar-refractivity contribution in [1.82, 2.24) is 20.3 Å². The van der Waals surface area contributed by atoms with E-state index < -0.39 is 5.54 Å². The summed E-state index contributed by atoms with van der Waals surface area (Å²) in [5, 5.41) is 3.65. The number of fused-ring (bicyclic) bond motifs is 1. The third kappa shape index (κ3) is 3.17. The van der Waals surface area contributed by atoms with Gasteiger partial charge < -0.3 is 10.5 Å². The largest absolute Gasteiger partial charge is 0.497 e. The van der Waals surface area contributed by atoms with Crippen LogP contribution in [0.15, 0.2) is 79.5 Å². The summed E-state index contributed by atoms with van der Waals surface area (Å²) in [6, 6.07) is 18.7. The van der Waals surface area contributed by atoms with Gasteiger partial charge in [0, 0.05) is 29.7 Å². The molecule has 0 aliphatic carbocycles. The molecular weight excluding hydrogens is 386 g/mol. The van der Waals surface area contributed by atoms with E-state index in [9.17, 15) is 0 Å². The number of methoxy groups -OCH3 is 1. The molecule has 31 heavy (non-hydrogen) atoms. The number of nitrogens with one attached hydrogen (secondary N) is 1. The predicted molar refractivity (Wildman–Crippen MR) is 119 cm³/mol.